The number of likely N-dealkylation sites (tertiary alicyclic amines) is 1. The zero-order valence-electron chi connectivity index (χ0n) is 12.0. The van der Waals surface area contributed by atoms with Crippen LogP contribution in [0.15, 0.2) is 18.3 Å². The normalized spacial score (nSPS) is 21.4. The third-order valence-corrected chi connectivity index (χ3v) is 3.96. The quantitative estimate of drug-likeness (QED) is 0.830. The number of rotatable bonds is 2. The molecule has 0 saturated carbocycles. The second-order valence-corrected chi connectivity index (χ2v) is 5.90. The van der Waals surface area contributed by atoms with Crippen molar-refractivity contribution in [3.63, 3.8) is 0 Å². The summed E-state index contributed by atoms with van der Waals surface area (Å²) in [5.74, 6) is 1.61. The molecule has 4 nitrogen and oxygen atoms in total. The highest BCUT2D eigenvalue weighted by Gasteiger charge is 2.25. The van der Waals surface area contributed by atoms with Crippen molar-refractivity contribution in [3.05, 3.63) is 24.2 Å². The van der Waals surface area contributed by atoms with E-state index < -0.39 is 0 Å². The number of fused-ring (bicyclic) bond motifs is 1. The molecule has 4 heteroatoms. The summed E-state index contributed by atoms with van der Waals surface area (Å²) < 4.78 is 2.38. The fraction of sp³-hybridized carbons (Fsp3) is 0.600. The Labute approximate surface area is 114 Å². The van der Waals surface area contributed by atoms with Gasteiger partial charge in [-0.1, -0.05) is 13.8 Å². The number of pyridine rings is 1. The topological polar surface area (TPSA) is 34.0 Å². The predicted octanol–water partition coefficient (Wildman–Crippen LogP) is 2.82. The highest BCUT2D eigenvalue weighted by Crippen LogP contribution is 2.29. The molecule has 0 N–H and O–H groups in total. The number of aromatic nitrogens is 3. The molecule has 1 saturated heterocycles. The van der Waals surface area contributed by atoms with Crippen molar-refractivity contribution >= 4 is 11.2 Å². The summed E-state index contributed by atoms with van der Waals surface area (Å²) in [7, 11) is 2.20. The molecule has 0 spiro atoms. The molecule has 1 aliphatic heterocycles. The van der Waals surface area contributed by atoms with Crippen molar-refractivity contribution in [3.8, 4) is 0 Å². The molecule has 1 aliphatic rings. The lowest BCUT2D eigenvalue weighted by Crippen LogP contribution is -2.34. The van der Waals surface area contributed by atoms with E-state index in [4.69, 9.17) is 4.98 Å². The highest BCUT2D eigenvalue weighted by atomic mass is 15.2. The lowest BCUT2D eigenvalue weighted by Gasteiger charge is -2.32. The third-order valence-electron chi connectivity index (χ3n) is 3.96. The van der Waals surface area contributed by atoms with E-state index in [9.17, 15) is 0 Å². The Balaban J connectivity index is 2.11. The minimum absolute atomic E-state index is 0.432. The van der Waals surface area contributed by atoms with Crippen LogP contribution >= 0.6 is 0 Å². The van der Waals surface area contributed by atoms with Crippen molar-refractivity contribution in [2.75, 3.05) is 20.1 Å². The second-order valence-electron chi connectivity index (χ2n) is 5.90. The molecule has 0 amide bonds. The predicted molar refractivity (Wildman–Crippen MR) is 77.4 cm³/mol. The Morgan fingerprint density at radius 3 is 2.95 bits per heavy atom. The van der Waals surface area contributed by atoms with Gasteiger partial charge in [0.2, 0.25) is 0 Å². The van der Waals surface area contributed by atoms with Crippen LogP contribution in [0.2, 0.25) is 0 Å². The first-order chi connectivity index (χ1) is 9.16. The number of likely N-dealkylation sites (N-methyl/N-ethyl adjacent to an activating group) is 1. The molecule has 2 aromatic heterocycles. The molecular formula is C15H22N4. The van der Waals surface area contributed by atoms with Crippen molar-refractivity contribution in [1.29, 1.82) is 0 Å². The molecule has 19 heavy (non-hydrogen) atoms. The van der Waals surface area contributed by atoms with E-state index in [1.165, 1.54) is 25.2 Å². The van der Waals surface area contributed by atoms with E-state index in [2.05, 4.69) is 41.4 Å². The van der Waals surface area contributed by atoms with Crippen LogP contribution in [0.25, 0.3) is 11.2 Å². The van der Waals surface area contributed by atoms with Gasteiger partial charge >= 0.3 is 0 Å². The number of hydrogen-bond acceptors (Lipinski definition) is 3. The van der Waals surface area contributed by atoms with Gasteiger partial charge in [-0.15, -0.1) is 0 Å². The van der Waals surface area contributed by atoms with Crippen molar-refractivity contribution in [1.82, 2.24) is 19.4 Å². The van der Waals surface area contributed by atoms with Crippen LogP contribution in [0, 0.1) is 0 Å². The van der Waals surface area contributed by atoms with E-state index in [0.717, 1.165) is 17.7 Å². The molecule has 1 atom stereocenters. The van der Waals surface area contributed by atoms with E-state index in [-0.39, 0.29) is 0 Å². The number of hydrogen-bond donors (Lipinski definition) is 0. The van der Waals surface area contributed by atoms with Crippen LogP contribution in [0.5, 0.6) is 0 Å². The molecule has 0 aromatic carbocycles. The summed E-state index contributed by atoms with van der Waals surface area (Å²) in [6.07, 6.45) is 4.36. The largest absolute Gasteiger partial charge is 0.308 e. The van der Waals surface area contributed by atoms with Gasteiger partial charge in [0, 0.05) is 24.7 Å². The van der Waals surface area contributed by atoms with Crippen molar-refractivity contribution in [2.45, 2.75) is 38.6 Å². The zero-order chi connectivity index (χ0) is 13.4. The summed E-state index contributed by atoms with van der Waals surface area (Å²) >= 11 is 0. The maximum Gasteiger partial charge on any atom is 0.160 e. The van der Waals surface area contributed by atoms with Gasteiger partial charge in [-0.25, -0.2) is 9.97 Å². The zero-order valence-corrected chi connectivity index (χ0v) is 12.0. The lowest BCUT2D eigenvalue weighted by molar-refractivity contribution is 0.211. The van der Waals surface area contributed by atoms with Gasteiger partial charge in [-0.3, -0.25) is 0 Å². The average molecular weight is 258 g/mol. The standard InChI is InChI=1S/C15H22N4/c1-11(2)14-17-13-7-4-8-16-15(13)19(14)12-6-5-9-18(3)10-12/h4,7-8,11-12H,5-6,9-10H2,1-3H3. The van der Waals surface area contributed by atoms with Crippen LogP contribution in [0.4, 0.5) is 0 Å². The second kappa shape index (κ2) is 4.93. The summed E-state index contributed by atoms with van der Waals surface area (Å²) in [6, 6.07) is 4.55. The van der Waals surface area contributed by atoms with Crippen LogP contribution < -0.4 is 0 Å². The monoisotopic (exact) mass is 258 g/mol. The number of imidazole rings is 1. The van der Waals surface area contributed by atoms with E-state index in [1.54, 1.807) is 0 Å². The first-order valence-electron chi connectivity index (χ1n) is 7.18. The number of nitrogens with zero attached hydrogens (tertiary/aromatic N) is 4. The van der Waals surface area contributed by atoms with Gasteiger partial charge in [0.25, 0.3) is 0 Å². The average Bonchev–Trinajstić information content (AvgIpc) is 2.78. The van der Waals surface area contributed by atoms with Gasteiger partial charge in [-0.05, 0) is 38.6 Å². The Morgan fingerprint density at radius 2 is 2.21 bits per heavy atom. The van der Waals surface area contributed by atoms with E-state index in [1.807, 2.05) is 12.3 Å². The van der Waals surface area contributed by atoms with E-state index >= 15 is 0 Å². The van der Waals surface area contributed by atoms with Gasteiger partial charge in [-0.2, -0.15) is 0 Å². The highest BCUT2D eigenvalue weighted by molar-refractivity contribution is 5.71. The summed E-state index contributed by atoms with van der Waals surface area (Å²) in [4.78, 5) is 11.8. The molecule has 0 bridgehead atoms. The fourth-order valence-electron chi connectivity index (χ4n) is 3.06. The third kappa shape index (κ3) is 2.25. The maximum atomic E-state index is 4.79. The minimum Gasteiger partial charge on any atom is -0.308 e. The van der Waals surface area contributed by atoms with Crippen LogP contribution in [-0.4, -0.2) is 39.6 Å². The Hall–Kier alpha value is -1.42. The van der Waals surface area contributed by atoms with Crippen LogP contribution in [-0.2, 0) is 0 Å². The molecule has 2 aromatic rings. The molecule has 3 rings (SSSR count). The maximum absolute atomic E-state index is 4.79. The van der Waals surface area contributed by atoms with Crippen LogP contribution in [0.1, 0.15) is 44.5 Å². The molecule has 1 fully saturated rings. The summed E-state index contributed by atoms with van der Waals surface area (Å²) in [5.41, 5.74) is 2.07. The van der Waals surface area contributed by atoms with Gasteiger partial charge in [0.15, 0.2) is 5.65 Å². The summed E-state index contributed by atoms with van der Waals surface area (Å²) in [5, 5.41) is 0. The van der Waals surface area contributed by atoms with Crippen molar-refractivity contribution in [2.24, 2.45) is 0 Å². The number of piperidine rings is 1. The minimum atomic E-state index is 0.432. The Morgan fingerprint density at radius 1 is 1.37 bits per heavy atom. The lowest BCUT2D eigenvalue weighted by atomic mass is 10.1. The first-order valence-corrected chi connectivity index (χ1v) is 7.18. The van der Waals surface area contributed by atoms with Gasteiger partial charge < -0.3 is 9.47 Å². The first kappa shape index (κ1) is 12.6. The van der Waals surface area contributed by atoms with Crippen molar-refractivity contribution < 1.29 is 0 Å². The molecule has 3 heterocycles. The molecule has 0 radical (unpaired) electrons. The smallest absolute Gasteiger partial charge is 0.160 e. The molecule has 102 valence electrons. The summed E-state index contributed by atoms with van der Waals surface area (Å²) in [6.45, 7) is 6.73. The molecular weight excluding hydrogens is 236 g/mol. The molecule has 1 unspecified atom stereocenters. The van der Waals surface area contributed by atoms with Crippen LogP contribution in [0.3, 0.4) is 0 Å². The fourth-order valence-corrected chi connectivity index (χ4v) is 3.06. The van der Waals surface area contributed by atoms with Gasteiger partial charge in [0.1, 0.15) is 11.3 Å². The Kier molecular flexibility index (Phi) is 3.27. The Bertz CT molecular complexity index is 573. The van der Waals surface area contributed by atoms with Gasteiger partial charge in [0.05, 0.1) is 0 Å². The molecule has 0 aliphatic carbocycles. The van der Waals surface area contributed by atoms with E-state index in [0.29, 0.717) is 12.0 Å². The SMILES string of the molecule is CC(C)c1nc2cccnc2n1C1CCCN(C)C1.